The van der Waals surface area contributed by atoms with E-state index in [1.54, 1.807) is 18.1 Å². The monoisotopic (exact) mass is 238 g/mol. The van der Waals surface area contributed by atoms with Gasteiger partial charge in [-0.3, -0.25) is 9.59 Å². The number of aromatic nitrogens is 2. The highest BCUT2D eigenvalue weighted by atomic mass is 16.4. The van der Waals surface area contributed by atoms with E-state index in [0.29, 0.717) is 13.0 Å². The summed E-state index contributed by atoms with van der Waals surface area (Å²) in [5.41, 5.74) is 4.20. The van der Waals surface area contributed by atoms with Crippen molar-refractivity contribution in [2.45, 2.75) is 12.0 Å². The van der Waals surface area contributed by atoms with Crippen LogP contribution in [0.4, 0.5) is 5.82 Å². The van der Waals surface area contributed by atoms with Crippen LogP contribution < -0.4 is 16.2 Å². The highest BCUT2D eigenvalue weighted by Gasteiger charge is 2.42. The summed E-state index contributed by atoms with van der Waals surface area (Å²) in [6.07, 6.45) is 3.37. The van der Waals surface area contributed by atoms with Crippen molar-refractivity contribution in [2.24, 2.45) is 12.8 Å². The predicted octanol–water partition coefficient (Wildman–Crippen LogP) is -1.23. The Kier molecular flexibility index (Phi) is 2.62. The number of hydrogen-bond acceptors (Lipinski definition) is 5. The number of aliphatic carboxylic acids is 1. The van der Waals surface area contributed by atoms with Gasteiger partial charge in [0.05, 0.1) is 0 Å². The number of hydrogen-bond donors (Lipinski definition) is 2. The highest BCUT2D eigenvalue weighted by Crippen LogP contribution is 2.21. The van der Waals surface area contributed by atoms with E-state index in [9.17, 15) is 9.59 Å². The first-order valence-corrected chi connectivity index (χ1v) is 5.23. The SMILES string of the molecule is Cn1ccnc(N2CCC(N)(C(=O)O)C2)c1=O. The summed E-state index contributed by atoms with van der Waals surface area (Å²) < 4.78 is 1.40. The molecular weight excluding hydrogens is 224 g/mol. The minimum absolute atomic E-state index is 0.106. The van der Waals surface area contributed by atoms with Crippen LogP contribution >= 0.6 is 0 Å². The van der Waals surface area contributed by atoms with Crippen molar-refractivity contribution in [1.29, 1.82) is 0 Å². The van der Waals surface area contributed by atoms with Gasteiger partial charge in [0.2, 0.25) is 0 Å². The van der Waals surface area contributed by atoms with Crippen LogP contribution in [0.2, 0.25) is 0 Å². The van der Waals surface area contributed by atoms with Crippen LogP contribution in [0.5, 0.6) is 0 Å². The molecule has 3 N–H and O–H groups in total. The molecule has 1 atom stereocenters. The Morgan fingerprint density at radius 2 is 2.35 bits per heavy atom. The molecule has 7 heteroatoms. The number of aryl methyl sites for hydroxylation is 1. The second-order valence-corrected chi connectivity index (χ2v) is 4.30. The molecule has 1 aliphatic heterocycles. The first kappa shape index (κ1) is 11.6. The molecule has 1 fully saturated rings. The summed E-state index contributed by atoms with van der Waals surface area (Å²) in [6.45, 7) is 0.531. The molecule has 0 saturated carbocycles. The van der Waals surface area contributed by atoms with Crippen molar-refractivity contribution in [2.75, 3.05) is 18.0 Å². The molecule has 1 aliphatic rings. The van der Waals surface area contributed by atoms with Crippen molar-refractivity contribution < 1.29 is 9.90 Å². The molecule has 0 amide bonds. The van der Waals surface area contributed by atoms with Gasteiger partial charge in [0.25, 0.3) is 5.56 Å². The third-order valence-electron chi connectivity index (χ3n) is 3.03. The molecule has 1 unspecified atom stereocenters. The molecule has 1 aromatic heterocycles. The summed E-state index contributed by atoms with van der Waals surface area (Å²) in [5, 5.41) is 9.01. The normalized spacial score (nSPS) is 24.0. The minimum Gasteiger partial charge on any atom is -0.480 e. The first-order valence-electron chi connectivity index (χ1n) is 5.23. The van der Waals surface area contributed by atoms with Crippen LogP contribution in [0, 0.1) is 0 Å². The van der Waals surface area contributed by atoms with Crippen LogP contribution in [0.15, 0.2) is 17.2 Å². The lowest BCUT2D eigenvalue weighted by Gasteiger charge is -2.20. The number of rotatable bonds is 2. The molecule has 92 valence electrons. The Morgan fingerprint density at radius 3 is 2.94 bits per heavy atom. The number of anilines is 1. The average Bonchev–Trinajstić information content (AvgIpc) is 2.66. The molecular formula is C10H14N4O3. The van der Waals surface area contributed by atoms with Gasteiger partial charge >= 0.3 is 5.97 Å². The number of carboxylic acids is 1. The van der Waals surface area contributed by atoms with Crippen LogP contribution in [0.25, 0.3) is 0 Å². The molecule has 1 saturated heterocycles. The summed E-state index contributed by atoms with van der Waals surface area (Å²) >= 11 is 0. The summed E-state index contributed by atoms with van der Waals surface area (Å²) in [5.74, 6) is -0.795. The largest absolute Gasteiger partial charge is 0.480 e. The van der Waals surface area contributed by atoms with Crippen molar-refractivity contribution in [1.82, 2.24) is 9.55 Å². The quantitative estimate of drug-likeness (QED) is 0.669. The minimum atomic E-state index is -1.29. The predicted molar refractivity (Wildman–Crippen MR) is 60.9 cm³/mol. The van der Waals surface area contributed by atoms with Crippen LogP contribution in [0.3, 0.4) is 0 Å². The first-order chi connectivity index (χ1) is 7.94. The maximum atomic E-state index is 11.8. The summed E-state index contributed by atoms with van der Waals surface area (Å²) in [4.78, 5) is 28.4. The fourth-order valence-electron chi connectivity index (χ4n) is 1.89. The van der Waals surface area contributed by atoms with Gasteiger partial charge in [0.15, 0.2) is 5.82 Å². The van der Waals surface area contributed by atoms with Gasteiger partial charge in [0, 0.05) is 32.5 Å². The fourth-order valence-corrected chi connectivity index (χ4v) is 1.89. The van der Waals surface area contributed by atoms with E-state index in [-0.39, 0.29) is 17.9 Å². The molecule has 0 aliphatic carbocycles. The Labute approximate surface area is 97.5 Å². The molecule has 0 bridgehead atoms. The Bertz CT molecular complexity index is 513. The third-order valence-corrected chi connectivity index (χ3v) is 3.03. The number of carboxylic acid groups (broad SMARTS) is 1. The van der Waals surface area contributed by atoms with Gasteiger partial charge in [-0.2, -0.15) is 0 Å². The van der Waals surface area contributed by atoms with Gasteiger partial charge in [-0.05, 0) is 6.42 Å². The lowest BCUT2D eigenvalue weighted by molar-refractivity contribution is -0.142. The van der Waals surface area contributed by atoms with E-state index in [1.165, 1.54) is 10.8 Å². The van der Waals surface area contributed by atoms with Crippen molar-refractivity contribution >= 4 is 11.8 Å². The Morgan fingerprint density at radius 1 is 1.65 bits per heavy atom. The zero-order valence-electron chi connectivity index (χ0n) is 9.46. The maximum absolute atomic E-state index is 11.8. The lowest BCUT2D eigenvalue weighted by atomic mass is 10.0. The third kappa shape index (κ3) is 1.89. The molecule has 1 aromatic rings. The molecule has 2 heterocycles. The smallest absolute Gasteiger partial charge is 0.325 e. The van der Waals surface area contributed by atoms with Crippen molar-refractivity contribution in [3.8, 4) is 0 Å². The topological polar surface area (TPSA) is 101 Å². The molecule has 7 nitrogen and oxygen atoms in total. The zero-order chi connectivity index (χ0) is 12.6. The standard InChI is InChI=1S/C10H14N4O3/c1-13-5-3-12-7(8(13)15)14-4-2-10(11,6-14)9(16)17/h3,5H,2,4,6,11H2,1H3,(H,16,17). The van der Waals surface area contributed by atoms with Crippen LogP contribution in [-0.2, 0) is 11.8 Å². The van der Waals surface area contributed by atoms with Crippen LogP contribution in [-0.4, -0.2) is 39.3 Å². The number of nitrogens with zero attached hydrogens (tertiary/aromatic N) is 3. The number of nitrogens with two attached hydrogens (primary N) is 1. The van der Waals surface area contributed by atoms with Gasteiger partial charge in [0.1, 0.15) is 5.54 Å². The van der Waals surface area contributed by atoms with Crippen LogP contribution in [0.1, 0.15) is 6.42 Å². The van der Waals surface area contributed by atoms with Gasteiger partial charge in [-0.25, -0.2) is 4.98 Å². The summed E-state index contributed by atoms with van der Waals surface area (Å²) in [7, 11) is 1.62. The highest BCUT2D eigenvalue weighted by molar-refractivity contribution is 5.80. The molecule has 2 rings (SSSR count). The van der Waals surface area contributed by atoms with Gasteiger partial charge in [-0.15, -0.1) is 0 Å². The molecule has 0 spiro atoms. The Balaban J connectivity index is 2.30. The molecule has 17 heavy (non-hydrogen) atoms. The lowest BCUT2D eigenvalue weighted by Crippen LogP contribution is -2.50. The maximum Gasteiger partial charge on any atom is 0.325 e. The number of carbonyl (C=O) groups is 1. The van der Waals surface area contributed by atoms with Crippen molar-refractivity contribution in [3.05, 3.63) is 22.7 Å². The van der Waals surface area contributed by atoms with E-state index in [4.69, 9.17) is 10.8 Å². The Hall–Kier alpha value is -1.89. The van der Waals surface area contributed by atoms with E-state index in [2.05, 4.69) is 4.98 Å². The summed E-state index contributed by atoms with van der Waals surface area (Å²) in [6, 6.07) is 0. The van der Waals surface area contributed by atoms with E-state index < -0.39 is 11.5 Å². The second-order valence-electron chi connectivity index (χ2n) is 4.30. The van der Waals surface area contributed by atoms with E-state index in [0.717, 1.165) is 0 Å². The molecule has 0 aromatic carbocycles. The molecule has 0 radical (unpaired) electrons. The van der Waals surface area contributed by atoms with Gasteiger partial charge < -0.3 is 20.3 Å². The average molecular weight is 238 g/mol. The van der Waals surface area contributed by atoms with E-state index >= 15 is 0 Å². The van der Waals surface area contributed by atoms with Crippen molar-refractivity contribution in [3.63, 3.8) is 0 Å². The fraction of sp³-hybridized carbons (Fsp3) is 0.500. The van der Waals surface area contributed by atoms with Gasteiger partial charge in [-0.1, -0.05) is 0 Å². The zero-order valence-corrected chi connectivity index (χ0v) is 9.46. The second kappa shape index (κ2) is 3.85. The van der Waals surface area contributed by atoms with E-state index in [1.807, 2.05) is 0 Å².